The smallest absolute Gasteiger partial charge is 0.0964 e. The molecule has 0 fully saturated rings. The lowest BCUT2D eigenvalue weighted by atomic mass is 10.1. The van der Waals surface area contributed by atoms with Crippen molar-refractivity contribution in [3.63, 3.8) is 0 Å². The quantitative estimate of drug-likeness (QED) is 0.402. The average molecular weight is 191 g/mol. The van der Waals surface area contributed by atoms with Gasteiger partial charge in [-0.05, 0) is 12.1 Å². The largest absolute Gasteiger partial charge is 0.254 e. The van der Waals surface area contributed by atoms with Crippen molar-refractivity contribution in [3.05, 3.63) is 48.8 Å². The molecule has 1 aromatic carbocycles. The van der Waals surface area contributed by atoms with Crippen molar-refractivity contribution in [2.24, 2.45) is 0 Å². The molecule has 0 bridgehead atoms. The molecular weight excluding hydrogens is 183 g/mol. The van der Waals surface area contributed by atoms with Gasteiger partial charge >= 0.3 is 0 Å². The Balaban J connectivity index is 0.000000853. The molecule has 0 aliphatic heterocycles. The van der Waals surface area contributed by atoms with Gasteiger partial charge in [-0.25, -0.2) is 0 Å². The van der Waals surface area contributed by atoms with Gasteiger partial charge in [0.2, 0.25) is 0 Å². The minimum absolute atomic E-state index is 0. The fourth-order valence-electron chi connectivity index (χ4n) is 1.68. The average Bonchev–Trinajstić information content (AvgIpc) is 2.29. The van der Waals surface area contributed by atoms with Crippen LogP contribution in [-0.2, 0) is 0 Å². The summed E-state index contributed by atoms with van der Waals surface area (Å²) >= 11 is 0. The zero-order chi connectivity index (χ0) is 9.38. The molecule has 0 saturated carbocycles. The van der Waals surface area contributed by atoms with Gasteiger partial charge in [-0.3, -0.25) is 9.97 Å². The van der Waals surface area contributed by atoms with Crippen molar-refractivity contribution < 1.29 is 0 Å². The van der Waals surface area contributed by atoms with Crippen molar-refractivity contribution in [1.82, 2.24) is 9.97 Å². The zero-order valence-corrected chi connectivity index (χ0v) is 8.09. The lowest BCUT2D eigenvalue weighted by molar-refractivity contribution is 1.37. The number of benzene rings is 1. The monoisotopic (exact) mass is 191 g/mol. The van der Waals surface area contributed by atoms with Crippen LogP contribution < -0.4 is 0 Å². The van der Waals surface area contributed by atoms with Crippen LogP contribution in [-0.4, -0.2) is 18.4 Å². The molecule has 2 aromatic heterocycles. The third kappa shape index (κ3) is 1.46. The maximum absolute atomic E-state index is 4.35. The highest BCUT2D eigenvalue weighted by Crippen LogP contribution is 2.20. The summed E-state index contributed by atoms with van der Waals surface area (Å²) in [5, 5.41) is 2.28. The number of nitrogens with zero attached hydrogens (tertiary/aromatic N) is 2. The minimum atomic E-state index is 0. The number of aromatic nitrogens is 2. The first-order valence-corrected chi connectivity index (χ1v) is 4.53. The summed E-state index contributed by atoms with van der Waals surface area (Å²) in [4.78, 5) is 8.69. The van der Waals surface area contributed by atoms with Crippen LogP contribution in [0.5, 0.6) is 0 Å². The van der Waals surface area contributed by atoms with E-state index in [0.29, 0.717) is 0 Å². The predicted molar refractivity (Wildman–Crippen MR) is 62.8 cm³/mol. The van der Waals surface area contributed by atoms with E-state index >= 15 is 0 Å². The Labute approximate surface area is 89.6 Å². The number of rotatable bonds is 0. The van der Waals surface area contributed by atoms with Crippen LogP contribution in [0.4, 0.5) is 0 Å². The van der Waals surface area contributed by atoms with Crippen molar-refractivity contribution in [2.75, 3.05) is 0 Å². The maximum Gasteiger partial charge on any atom is 0.0964 e. The second-order valence-corrected chi connectivity index (χ2v) is 3.22. The van der Waals surface area contributed by atoms with Crippen molar-refractivity contribution in [3.8, 4) is 0 Å². The molecule has 3 aromatic rings. The van der Waals surface area contributed by atoms with Gasteiger partial charge in [0.15, 0.2) is 0 Å². The fourth-order valence-corrected chi connectivity index (χ4v) is 1.68. The van der Waals surface area contributed by atoms with Crippen LogP contribution in [0, 0.1) is 0 Å². The highest BCUT2D eigenvalue weighted by Gasteiger charge is 2.00. The Morgan fingerprint density at radius 1 is 0.667 bits per heavy atom. The minimum Gasteiger partial charge on any atom is -0.254 e. The van der Waals surface area contributed by atoms with E-state index in [1.807, 2.05) is 12.1 Å². The molecule has 0 N–H and O–H groups in total. The Bertz CT molecular complexity index is 553. The summed E-state index contributed by atoms with van der Waals surface area (Å²) in [6.07, 6.45) is 3.60. The van der Waals surface area contributed by atoms with Gasteiger partial charge in [0.05, 0.1) is 11.0 Å². The normalized spacial score (nSPS) is 10.1. The molecular formula is C12H8BN2. The van der Waals surface area contributed by atoms with Crippen molar-refractivity contribution in [1.29, 1.82) is 0 Å². The molecule has 3 rings (SSSR count). The highest BCUT2D eigenvalue weighted by molar-refractivity contribution is 6.02. The van der Waals surface area contributed by atoms with Gasteiger partial charge in [-0.2, -0.15) is 0 Å². The Morgan fingerprint density at radius 2 is 1.13 bits per heavy atom. The number of hydrogen-bond acceptors (Lipinski definition) is 2. The standard InChI is InChI=1S/C12H8N2.B/c1-3-9-5-6-10-4-2-8-14-12(10)11(9)13-7-1;/h1-8H;. The van der Waals surface area contributed by atoms with Gasteiger partial charge in [0, 0.05) is 31.6 Å². The van der Waals surface area contributed by atoms with Gasteiger partial charge in [0.25, 0.3) is 0 Å². The van der Waals surface area contributed by atoms with E-state index in [0.717, 1.165) is 21.8 Å². The van der Waals surface area contributed by atoms with E-state index in [-0.39, 0.29) is 8.41 Å². The first kappa shape index (κ1) is 9.65. The molecule has 3 heteroatoms. The van der Waals surface area contributed by atoms with Crippen molar-refractivity contribution in [2.45, 2.75) is 0 Å². The lowest BCUT2D eigenvalue weighted by Gasteiger charge is -2.00. The first-order valence-electron chi connectivity index (χ1n) is 4.53. The van der Waals surface area contributed by atoms with Crippen LogP contribution in [0.2, 0.25) is 0 Å². The molecule has 0 aliphatic rings. The van der Waals surface area contributed by atoms with Gasteiger partial charge in [0.1, 0.15) is 0 Å². The second kappa shape index (κ2) is 3.69. The summed E-state index contributed by atoms with van der Waals surface area (Å²) in [6.45, 7) is 0. The Kier molecular flexibility index (Phi) is 2.38. The number of hydrogen-bond donors (Lipinski definition) is 0. The first-order chi connectivity index (χ1) is 6.95. The van der Waals surface area contributed by atoms with Crippen LogP contribution in [0.25, 0.3) is 21.8 Å². The maximum atomic E-state index is 4.35. The molecule has 2 nitrogen and oxygen atoms in total. The SMILES string of the molecule is [B].c1cnc2c(c1)ccc1cccnc12. The van der Waals surface area contributed by atoms with Crippen LogP contribution in [0.3, 0.4) is 0 Å². The summed E-state index contributed by atoms with van der Waals surface area (Å²) < 4.78 is 0. The zero-order valence-electron chi connectivity index (χ0n) is 8.09. The van der Waals surface area contributed by atoms with Gasteiger partial charge < -0.3 is 0 Å². The molecule has 0 spiro atoms. The van der Waals surface area contributed by atoms with E-state index in [4.69, 9.17) is 0 Å². The van der Waals surface area contributed by atoms with Gasteiger partial charge in [-0.15, -0.1) is 0 Å². The third-order valence-electron chi connectivity index (χ3n) is 2.34. The van der Waals surface area contributed by atoms with Gasteiger partial charge in [-0.1, -0.05) is 24.3 Å². The summed E-state index contributed by atoms with van der Waals surface area (Å²) in [6, 6.07) is 12.1. The van der Waals surface area contributed by atoms with E-state index in [2.05, 4.69) is 34.2 Å². The highest BCUT2D eigenvalue weighted by atomic mass is 14.7. The predicted octanol–water partition coefficient (Wildman–Crippen LogP) is 2.40. The van der Waals surface area contributed by atoms with Crippen LogP contribution >= 0.6 is 0 Å². The molecule has 69 valence electrons. The van der Waals surface area contributed by atoms with Crippen LogP contribution in [0.1, 0.15) is 0 Å². The fraction of sp³-hybridized carbons (Fsp3) is 0. The molecule has 0 amide bonds. The molecule has 3 radical (unpaired) electrons. The van der Waals surface area contributed by atoms with Crippen LogP contribution in [0.15, 0.2) is 48.8 Å². The summed E-state index contributed by atoms with van der Waals surface area (Å²) in [7, 11) is 0. The van der Waals surface area contributed by atoms with E-state index < -0.39 is 0 Å². The lowest BCUT2D eigenvalue weighted by Crippen LogP contribution is -1.83. The molecule has 0 saturated heterocycles. The molecule has 0 unspecified atom stereocenters. The summed E-state index contributed by atoms with van der Waals surface area (Å²) in [5.41, 5.74) is 1.95. The summed E-state index contributed by atoms with van der Waals surface area (Å²) in [5.74, 6) is 0. The molecule has 15 heavy (non-hydrogen) atoms. The number of fused-ring (bicyclic) bond motifs is 3. The van der Waals surface area contributed by atoms with Crippen molar-refractivity contribution >= 4 is 30.2 Å². The molecule has 0 atom stereocenters. The topological polar surface area (TPSA) is 25.8 Å². The number of pyridine rings is 2. The Morgan fingerprint density at radius 3 is 1.60 bits per heavy atom. The van der Waals surface area contributed by atoms with E-state index in [1.165, 1.54) is 0 Å². The second-order valence-electron chi connectivity index (χ2n) is 3.22. The van der Waals surface area contributed by atoms with E-state index in [1.54, 1.807) is 12.4 Å². The Hall–Kier alpha value is -1.90. The van der Waals surface area contributed by atoms with E-state index in [9.17, 15) is 0 Å². The third-order valence-corrected chi connectivity index (χ3v) is 2.34. The molecule has 2 heterocycles. The molecule has 0 aliphatic carbocycles.